The summed E-state index contributed by atoms with van der Waals surface area (Å²) in [6.45, 7) is 0.275. The number of halogens is 1. The molecular weight excluding hydrogens is 408 g/mol. The van der Waals surface area contributed by atoms with Crippen molar-refractivity contribution in [3.8, 4) is 18.1 Å². The summed E-state index contributed by atoms with van der Waals surface area (Å²) >= 11 is 5.84. The van der Waals surface area contributed by atoms with Crippen molar-refractivity contribution in [3.63, 3.8) is 0 Å². The largest absolute Gasteiger partial charge is 0.497 e. The van der Waals surface area contributed by atoms with Gasteiger partial charge >= 0.3 is 0 Å². The van der Waals surface area contributed by atoms with Gasteiger partial charge in [-0.3, -0.25) is 0 Å². The number of benzene rings is 2. The van der Waals surface area contributed by atoms with Gasteiger partial charge in [0.2, 0.25) is 10.0 Å². The molecule has 0 amide bonds. The maximum absolute atomic E-state index is 12.5. The van der Waals surface area contributed by atoms with E-state index in [0.29, 0.717) is 17.9 Å². The van der Waals surface area contributed by atoms with Crippen molar-refractivity contribution in [2.45, 2.75) is 30.6 Å². The topological polar surface area (TPSA) is 71.2 Å². The lowest BCUT2D eigenvalue weighted by Gasteiger charge is -2.09. The van der Waals surface area contributed by atoms with Crippen molar-refractivity contribution in [2.75, 3.05) is 13.7 Å². The van der Waals surface area contributed by atoms with Crippen molar-refractivity contribution in [1.82, 2.24) is 9.71 Å². The lowest BCUT2D eigenvalue weighted by atomic mass is 10.0. The van der Waals surface area contributed by atoms with E-state index in [1.165, 1.54) is 12.1 Å². The van der Waals surface area contributed by atoms with Gasteiger partial charge in [0, 0.05) is 34.6 Å². The molecule has 3 rings (SSSR count). The van der Waals surface area contributed by atoms with E-state index in [4.69, 9.17) is 22.8 Å². The van der Waals surface area contributed by atoms with Gasteiger partial charge in [-0.15, -0.1) is 12.3 Å². The minimum Gasteiger partial charge on any atom is -0.497 e. The Bertz CT molecular complexity index is 1130. The van der Waals surface area contributed by atoms with Gasteiger partial charge in [-0.1, -0.05) is 11.6 Å². The van der Waals surface area contributed by atoms with Gasteiger partial charge in [-0.25, -0.2) is 13.1 Å². The first-order valence-electron chi connectivity index (χ1n) is 9.31. The zero-order valence-corrected chi connectivity index (χ0v) is 17.7. The first-order chi connectivity index (χ1) is 13.9. The lowest BCUT2D eigenvalue weighted by Crippen LogP contribution is -2.26. The molecular formula is C22H23ClN2O3S. The third kappa shape index (κ3) is 5.13. The van der Waals surface area contributed by atoms with E-state index in [-0.39, 0.29) is 11.4 Å². The molecule has 0 saturated carbocycles. The molecule has 1 aromatic heterocycles. The maximum atomic E-state index is 12.5. The molecule has 0 fully saturated rings. The molecule has 2 aromatic carbocycles. The van der Waals surface area contributed by atoms with Crippen LogP contribution in [0.15, 0.2) is 47.4 Å². The third-order valence-electron chi connectivity index (χ3n) is 4.74. The van der Waals surface area contributed by atoms with Crippen LogP contribution < -0.4 is 9.46 Å². The molecule has 0 aliphatic carbocycles. The minimum absolute atomic E-state index is 0.191. The van der Waals surface area contributed by atoms with E-state index in [1.807, 2.05) is 18.2 Å². The quantitative estimate of drug-likeness (QED) is 0.392. The Balaban J connectivity index is 1.81. The van der Waals surface area contributed by atoms with Crippen LogP contribution in [0.3, 0.4) is 0 Å². The summed E-state index contributed by atoms with van der Waals surface area (Å²) < 4.78 is 33.1. The third-order valence-corrected chi connectivity index (χ3v) is 6.47. The number of ether oxygens (including phenoxy) is 1. The highest BCUT2D eigenvalue weighted by Gasteiger charge is 2.16. The van der Waals surface area contributed by atoms with Gasteiger partial charge in [0.1, 0.15) is 5.75 Å². The van der Waals surface area contributed by atoms with E-state index < -0.39 is 10.0 Å². The predicted molar refractivity (Wildman–Crippen MR) is 117 cm³/mol. The van der Waals surface area contributed by atoms with Crippen LogP contribution in [0.5, 0.6) is 5.75 Å². The number of aromatic nitrogens is 1. The monoisotopic (exact) mass is 430 g/mol. The zero-order chi connectivity index (χ0) is 20.9. The van der Waals surface area contributed by atoms with Crippen molar-refractivity contribution in [3.05, 3.63) is 58.7 Å². The summed E-state index contributed by atoms with van der Waals surface area (Å²) in [4.78, 5) is 3.64. The van der Waals surface area contributed by atoms with E-state index in [2.05, 4.69) is 15.6 Å². The minimum atomic E-state index is -3.60. The van der Waals surface area contributed by atoms with Crippen LogP contribution in [-0.2, 0) is 22.9 Å². The van der Waals surface area contributed by atoms with E-state index in [1.54, 1.807) is 19.2 Å². The molecule has 0 radical (unpaired) electrons. The van der Waals surface area contributed by atoms with Gasteiger partial charge in [-0.05, 0) is 67.3 Å². The zero-order valence-electron chi connectivity index (χ0n) is 16.2. The second-order valence-corrected chi connectivity index (χ2v) is 8.86. The molecule has 29 heavy (non-hydrogen) atoms. The summed E-state index contributed by atoms with van der Waals surface area (Å²) in [5, 5.41) is 1.53. The second-order valence-electron chi connectivity index (χ2n) is 6.65. The van der Waals surface area contributed by atoms with Gasteiger partial charge < -0.3 is 9.72 Å². The Morgan fingerprint density at radius 3 is 2.62 bits per heavy atom. The highest BCUT2D eigenvalue weighted by Crippen LogP contribution is 2.28. The molecule has 0 unspecified atom stereocenters. The standard InChI is InChI=1S/C22H23ClN2O3S/c1-3-4-5-6-21-19(20-15-17(28-2)9-12-22(20)25-21)13-14-24-29(26,27)18-10-7-16(23)8-11-18/h1,7-12,15,24-25H,4-6,13-14H2,2H3. The average Bonchev–Trinajstić information content (AvgIpc) is 3.05. The van der Waals surface area contributed by atoms with Crippen LogP contribution in [0.1, 0.15) is 24.1 Å². The van der Waals surface area contributed by atoms with E-state index >= 15 is 0 Å². The number of hydrogen-bond acceptors (Lipinski definition) is 3. The van der Waals surface area contributed by atoms with Crippen LogP contribution in [-0.4, -0.2) is 27.1 Å². The Morgan fingerprint density at radius 2 is 1.93 bits per heavy atom. The Morgan fingerprint density at radius 1 is 1.17 bits per heavy atom. The number of rotatable bonds is 9. The fraction of sp³-hybridized carbons (Fsp3) is 0.273. The Labute approximate surface area is 176 Å². The smallest absolute Gasteiger partial charge is 0.240 e. The summed E-state index contributed by atoms with van der Waals surface area (Å²) in [6, 6.07) is 12.0. The molecule has 7 heteroatoms. The lowest BCUT2D eigenvalue weighted by molar-refractivity contribution is 0.415. The number of aryl methyl sites for hydroxylation is 1. The summed E-state index contributed by atoms with van der Waals surface area (Å²) in [5.74, 6) is 3.42. The highest BCUT2D eigenvalue weighted by molar-refractivity contribution is 7.89. The number of H-pyrrole nitrogens is 1. The Hall–Kier alpha value is -2.46. The molecule has 0 atom stereocenters. The summed E-state index contributed by atoms with van der Waals surface area (Å²) in [6.07, 6.45) is 8.29. The van der Waals surface area contributed by atoms with Crippen molar-refractivity contribution in [2.24, 2.45) is 0 Å². The van der Waals surface area contributed by atoms with Crippen LogP contribution in [0.25, 0.3) is 10.9 Å². The van der Waals surface area contributed by atoms with Crippen molar-refractivity contribution >= 4 is 32.5 Å². The van der Waals surface area contributed by atoms with Crippen LogP contribution in [0.4, 0.5) is 0 Å². The van der Waals surface area contributed by atoms with Gasteiger partial charge in [0.05, 0.1) is 12.0 Å². The van der Waals surface area contributed by atoms with Gasteiger partial charge in [0.25, 0.3) is 0 Å². The number of aromatic amines is 1. The fourth-order valence-electron chi connectivity index (χ4n) is 3.28. The molecule has 0 aliphatic rings. The summed E-state index contributed by atoms with van der Waals surface area (Å²) in [5.41, 5.74) is 3.15. The number of terminal acetylenes is 1. The van der Waals surface area contributed by atoms with Crippen molar-refractivity contribution < 1.29 is 13.2 Å². The van der Waals surface area contributed by atoms with Crippen LogP contribution in [0, 0.1) is 12.3 Å². The fourth-order valence-corrected chi connectivity index (χ4v) is 4.44. The molecule has 2 N–H and O–H groups in total. The average molecular weight is 431 g/mol. The first-order valence-corrected chi connectivity index (χ1v) is 11.2. The molecule has 3 aromatic rings. The number of hydrogen-bond donors (Lipinski definition) is 2. The molecule has 0 bridgehead atoms. The van der Waals surface area contributed by atoms with E-state index in [0.717, 1.165) is 40.8 Å². The SMILES string of the molecule is C#CCCCc1[nH]c2ccc(OC)cc2c1CCNS(=O)(=O)c1ccc(Cl)cc1. The normalized spacial score (nSPS) is 11.5. The highest BCUT2D eigenvalue weighted by atomic mass is 35.5. The molecule has 5 nitrogen and oxygen atoms in total. The number of fused-ring (bicyclic) bond motifs is 1. The van der Waals surface area contributed by atoms with Crippen molar-refractivity contribution in [1.29, 1.82) is 0 Å². The van der Waals surface area contributed by atoms with E-state index in [9.17, 15) is 8.42 Å². The number of nitrogens with one attached hydrogen (secondary N) is 2. The maximum Gasteiger partial charge on any atom is 0.240 e. The molecule has 0 saturated heterocycles. The number of unbranched alkanes of at least 4 members (excludes halogenated alkanes) is 1. The summed E-state index contributed by atoms with van der Waals surface area (Å²) in [7, 11) is -1.97. The van der Waals surface area contributed by atoms with Gasteiger partial charge in [-0.2, -0.15) is 0 Å². The number of sulfonamides is 1. The Kier molecular flexibility index (Phi) is 6.86. The molecule has 1 heterocycles. The van der Waals surface area contributed by atoms with Gasteiger partial charge in [0.15, 0.2) is 0 Å². The second kappa shape index (κ2) is 9.36. The van der Waals surface area contributed by atoms with Crippen LogP contribution >= 0.6 is 11.6 Å². The molecule has 0 aliphatic heterocycles. The molecule has 152 valence electrons. The first kappa shape index (κ1) is 21.3. The number of methoxy groups -OCH3 is 1. The molecule has 0 spiro atoms. The van der Waals surface area contributed by atoms with Crippen LogP contribution in [0.2, 0.25) is 5.02 Å². The predicted octanol–water partition coefficient (Wildman–Crippen LogP) is 4.31.